The fourth-order valence-electron chi connectivity index (χ4n) is 6.85. The lowest BCUT2D eigenvalue weighted by Gasteiger charge is -2.25. The summed E-state index contributed by atoms with van der Waals surface area (Å²) in [7, 11) is 21.6. The van der Waals surface area contributed by atoms with Crippen molar-refractivity contribution in [3.8, 4) is 97.3 Å². The second-order valence-corrected chi connectivity index (χ2v) is 14.2. The smallest absolute Gasteiger partial charge is 0.339 e. The van der Waals surface area contributed by atoms with Gasteiger partial charge in [-0.05, 0) is 44.0 Å². The molecule has 0 aliphatic rings. The van der Waals surface area contributed by atoms with Gasteiger partial charge in [0, 0.05) is 57.4 Å². The van der Waals surface area contributed by atoms with E-state index < -0.39 is 23.9 Å². The quantitative estimate of drug-likeness (QED) is 0.0665. The van der Waals surface area contributed by atoms with Crippen molar-refractivity contribution in [3.63, 3.8) is 0 Å². The Morgan fingerprint density at radius 2 is 0.592 bits per heavy atom. The Morgan fingerprint density at radius 3 is 0.789 bits per heavy atom. The van der Waals surface area contributed by atoms with Crippen LogP contribution in [0.25, 0.3) is 22.3 Å². The summed E-state index contributed by atoms with van der Waals surface area (Å²) in [6, 6.07) is 4.58. The van der Waals surface area contributed by atoms with Gasteiger partial charge in [-0.15, -0.1) is 0 Å². The normalized spacial score (nSPS) is 9.69. The third-order valence-corrected chi connectivity index (χ3v) is 11.1. The van der Waals surface area contributed by atoms with Crippen LogP contribution in [0.3, 0.4) is 0 Å². The van der Waals surface area contributed by atoms with Crippen molar-refractivity contribution in [2.75, 3.05) is 114 Å². The van der Waals surface area contributed by atoms with Gasteiger partial charge in [-0.3, -0.25) is 0 Å². The lowest BCUT2D eigenvalue weighted by molar-refractivity contribution is 0.0588. The Kier molecular flexibility index (Phi) is 27.0. The van der Waals surface area contributed by atoms with Crippen LogP contribution in [-0.4, -0.2) is 138 Å². The number of rotatable bonds is 18. The fourth-order valence-corrected chi connectivity index (χ4v) is 8.25. The van der Waals surface area contributed by atoms with E-state index in [1.54, 1.807) is 6.07 Å². The molecule has 0 bridgehead atoms. The van der Waals surface area contributed by atoms with Crippen LogP contribution in [0.1, 0.15) is 48.4 Å². The van der Waals surface area contributed by atoms with Gasteiger partial charge in [-0.2, -0.15) is 5.26 Å². The number of carbonyl (C=O) groups excluding carboxylic acids is 4. The third-order valence-electron chi connectivity index (χ3n) is 9.59. The molecule has 71 heavy (non-hydrogen) atoms. The molecule has 4 aromatic carbocycles. The molecule has 0 spiro atoms. The molecule has 0 radical (unpaired) electrons. The van der Waals surface area contributed by atoms with Crippen LogP contribution < -0.4 is 56.8 Å². The largest absolute Gasteiger partial charge is 0.493 e. The first kappa shape index (κ1) is 62.8. The van der Waals surface area contributed by atoms with Crippen molar-refractivity contribution in [1.29, 1.82) is 5.26 Å². The first-order valence-corrected chi connectivity index (χ1v) is 24.8. The van der Waals surface area contributed by atoms with E-state index in [0.717, 1.165) is 0 Å². The first-order chi connectivity index (χ1) is 34.0. The number of esters is 4. The summed E-state index contributed by atoms with van der Waals surface area (Å²) in [5.74, 6) is -1.21. The zero-order valence-corrected chi connectivity index (χ0v) is 48.1. The minimum atomic E-state index is -0.759. The van der Waals surface area contributed by atoms with Crippen LogP contribution in [-0.2, 0) is 18.9 Å². The summed E-state index contributed by atoms with van der Waals surface area (Å²) in [4.78, 5) is 51.7. The molecular weight excluding hydrogens is 1210 g/mol. The molecule has 21 nitrogen and oxygen atoms in total. The summed E-state index contributed by atoms with van der Waals surface area (Å²) in [5, 5.41) is 7.32. The lowest BCUT2D eigenvalue weighted by atomic mass is 9.91. The molecule has 4 aromatic rings. The number of carbonyl (C=O) groups is 4. The highest BCUT2D eigenvalue weighted by atomic mass is 80.9. The second-order valence-electron chi connectivity index (χ2n) is 12.7. The van der Waals surface area contributed by atoms with E-state index in [1.165, 1.54) is 133 Å². The van der Waals surface area contributed by atoms with Crippen LogP contribution in [0.4, 0.5) is 0 Å². The maximum atomic E-state index is 13.0. The van der Waals surface area contributed by atoms with Crippen molar-refractivity contribution in [1.82, 2.24) is 0 Å². The van der Waals surface area contributed by atoms with Gasteiger partial charge in [0.15, 0.2) is 46.0 Å². The highest BCUT2D eigenvalue weighted by Gasteiger charge is 2.39. The fraction of sp³-hybridized carbons (Fsp3) is 0.370. The summed E-state index contributed by atoms with van der Waals surface area (Å²) in [6.07, 6.45) is 0. The maximum absolute atomic E-state index is 13.0. The first-order valence-electron chi connectivity index (χ1n) is 19.5. The van der Waals surface area contributed by atoms with Crippen molar-refractivity contribution in [2.24, 2.45) is 0 Å². The van der Waals surface area contributed by atoms with E-state index in [9.17, 15) is 19.2 Å². The topological polar surface area (TPSA) is 240 Å². The van der Waals surface area contributed by atoms with Gasteiger partial charge >= 0.3 is 23.9 Å². The second kappa shape index (κ2) is 30.5. The van der Waals surface area contributed by atoms with Gasteiger partial charge in [-0.25, -0.2) is 19.2 Å². The van der Waals surface area contributed by atoms with Crippen LogP contribution in [0.2, 0.25) is 0 Å². The van der Waals surface area contributed by atoms with Gasteiger partial charge < -0.3 is 75.8 Å². The van der Waals surface area contributed by atoms with E-state index in [0.29, 0.717) is 0 Å². The molecule has 390 valence electrons. The summed E-state index contributed by atoms with van der Waals surface area (Å²) in [6.45, 7) is 1.43. The Balaban J connectivity index is 0.000000652. The van der Waals surface area contributed by atoms with Crippen LogP contribution >= 0.6 is 60.1 Å². The average Bonchev–Trinajstić information content (AvgIpc) is 3.40. The van der Waals surface area contributed by atoms with Crippen molar-refractivity contribution in [3.05, 3.63) is 43.3 Å². The predicted molar refractivity (Wildman–Crippen MR) is 272 cm³/mol. The number of halogens is 4. The molecular formula is C46H53Br4NO20. The van der Waals surface area contributed by atoms with E-state index in [1.807, 2.05) is 0 Å². The molecule has 0 fully saturated rings. The predicted octanol–water partition coefficient (Wildman–Crippen LogP) is 9.70. The third kappa shape index (κ3) is 12.8. The van der Waals surface area contributed by atoms with E-state index in [4.69, 9.17) is 81.1 Å². The summed E-state index contributed by atoms with van der Waals surface area (Å²) in [5.41, 5.74) is 0.482. The Bertz CT molecular complexity index is 2410. The van der Waals surface area contributed by atoms with Gasteiger partial charge in [0.1, 0.15) is 0 Å². The molecule has 0 N–H and O–H groups in total. The molecule has 0 aromatic heterocycles. The van der Waals surface area contributed by atoms with Gasteiger partial charge in [0.05, 0.1) is 151 Å². The highest BCUT2D eigenvalue weighted by molar-refractivity contribution is 9.93. The van der Waals surface area contributed by atoms with Crippen LogP contribution in [0.5, 0.6) is 69.0 Å². The molecule has 0 aliphatic carbocycles. The molecule has 0 amide bonds. The van der Waals surface area contributed by atoms with Crippen LogP contribution in [0.15, 0.2) is 21.1 Å². The Hall–Kier alpha value is -6.23. The molecule has 0 unspecified atom stereocenters. The van der Waals surface area contributed by atoms with Gasteiger partial charge in [0.2, 0.25) is 23.0 Å². The van der Waals surface area contributed by atoms with Crippen molar-refractivity contribution >= 4 is 84.0 Å². The Morgan fingerprint density at radius 1 is 0.366 bits per heavy atom. The van der Waals surface area contributed by atoms with E-state index >= 15 is 0 Å². The zero-order valence-electron chi connectivity index (χ0n) is 41.8. The number of hydrogen-bond donors (Lipinski definition) is 0. The van der Waals surface area contributed by atoms with Gasteiger partial charge in [-0.1, -0.05) is 0 Å². The van der Waals surface area contributed by atoms with E-state index in [-0.39, 0.29) is 122 Å². The van der Waals surface area contributed by atoms with Crippen molar-refractivity contribution in [2.45, 2.75) is 6.92 Å². The standard InChI is InChI=1S/C22H24Br2O10.C22H26O10.C2H3N.Br2/c1-27-15-9(11(21(25)33-7)13(23)17(29-3)19(15)31-5)10-12(22(26)34-8)14(24)18(30-4)20(32-6)16(10)28-2;1-25-13-9-11(21(23)31-7)15(19(29-5)17(13)27-3)16-12(22(24)32-8)10-14(26-2)18(28-4)20(16)30-6;1-2-3;1-2/h1-8H3;9-10H,1-8H3;1H3;. The Labute approximate surface area is 443 Å². The number of nitriles is 1. The molecule has 0 heterocycles. The molecule has 25 heteroatoms. The highest BCUT2D eigenvalue weighted by Crippen LogP contribution is 2.59. The zero-order chi connectivity index (χ0) is 54.4. The monoisotopic (exact) mass is 1250 g/mol. The minimum Gasteiger partial charge on any atom is -0.493 e. The number of hydrogen-bond acceptors (Lipinski definition) is 21. The molecule has 0 aliphatic heterocycles. The summed E-state index contributed by atoms with van der Waals surface area (Å²) < 4.78 is 86.6. The maximum Gasteiger partial charge on any atom is 0.339 e. The number of benzene rings is 4. The SMILES string of the molecule is BrBr.CC#N.COC(=O)c1c(Br)c(OC)c(OC)c(OC)c1-c1c(OC)c(OC)c(OC)c(Br)c1C(=O)OC.COC(=O)c1cc(OC)c(OC)c(OC)c1-c1c(C(=O)OC)cc(OC)c(OC)c1OC. The summed E-state index contributed by atoms with van der Waals surface area (Å²) >= 11 is 12.3. The molecule has 4 rings (SSSR count). The number of nitrogens with zero attached hydrogens (tertiary/aromatic N) is 1. The van der Waals surface area contributed by atoms with Crippen molar-refractivity contribution < 1.29 is 95.0 Å². The molecule has 0 atom stereocenters. The molecule has 0 saturated heterocycles. The number of methoxy groups -OCH3 is 16. The van der Waals surface area contributed by atoms with E-state index in [2.05, 4.69) is 60.1 Å². The number of ether oxygens (including phenoxy) is 16. The minimum absolute atomic E-state index is 0.0256. The molecule has 0 saturated carbocycles. The lowest BCUT2D eigenvalue weighted by Crippen LogP contribution is -2.14. The van der Waals surface area contributed by atoms with Gasteiger partial charge in [0.25, 0.3) is 0 Å². The average molecular weight is 1260 g/mol. The van der Waals surface area contributed by atoms with Crippen LogP contribution in [0, 0.1) is 11.3 Å².